The fourth-order valence-corrected chi connectivity index (χ4v) is 14.2. The molecule has 3 unspecified atom stereocenters. The Kier molecular flexibility index (Phi) is 70.9. The average molecular weight is 1480 g/mol. The van der Waals surface area contributed by atoms with Crippen LogP contribution in [0.5, 0.6) is 0 Å². The molecule has 6 atom stereocenters. The number of phosphoric ester groups is 2. The summed E-state index contributed by atoms with van der Waals surface area (Å²) in [4.78, 5) is 73.1. The number of hydrogen-bond donors (Lipinski definition) is 3. The Morgan fingerprint density at radius 3 is 0.752 bits per heavy atom. The summed E-state index contributed by atoms with van der Waals surface area (Å²) in [5.41, 5.74) is 0. The van der Waals surface area contributed by atoms with Crippen molar-refractivity contribution < 1.29 is 80.2 Å². The molecule has 0 amide bonds. The monoisotopic (exact) mass is 1480 g/mol. The zero-order valence-electron chi connectivity index (χ0n) is 66.4. The first-order valence-corrected chi connectivity index (χ1v) is 45.4. The van der Waals surface area contributed by atoms with Crippen LogP contribution in [0.1, 0.15) is 427 Å². The van der Waals surface area contributed by atoms with E-state index < -0.39 is 97.5 Å². The summed E-state index contributed by atoms with van der Waals surface area (Å²) in [5.74, 6) is 0.207. The van der Waals surface area contributed by atoms with E-state index >= 15 is 0 Å². The second-order valence-electron chi connectivity index (χ2n) is 30.7. The second-order valence-corrected chi connectivity index (χ2v) is 33.6. The molecule has 0 spiro atoms. The molecule has 0 aromatic rings. The number of unbranched alkanes of at least 4 members (excludes halogenated alkanes) is 47. The fourth-order valence-electron chi connectivity index (χ4n) is 12.6. The first-order chi connectivity index (χ1) is 48.8. The van der Waals surface area contributed by atoms with Crippen LogP contribution in [0.25, 0.3) is 0 Å². The molecule has 0 radical (unpaired) electrons. The Morgan fingerprint density at radius 2 is 0.505 bits per heavy atom. The van der Waals surface area contributed by atoms with Crippen molar-refractivity contribution in [1.82, 2.24) is 0 Å². The van der Waals surface area contributed by atoms with E-state index in [1.54, 1.807) is 0 Å². The van der Waals surface area contributed by atoms with E-state index in [1.165, 1.54) is 231 Å². The molecule has 0 fully saturated rings. The largest absolute Gasteiger partial charge is 0.472 e. The van der Waals surface area contributed by atoms with Crippen molar-refractivity contribution in [1.29, 1.82) is 0 Å². The summed E-state index contributed by atoms with van der Waals surface area (Å²) in [6.45, 7) is 11.9. The molecule has 0 heterocycles. The number of aliphatic hydroxyl groups is 1. The summed E-state index contributed by atoms with van der Waals surface area (Å²) >= 11 is 0. The van der Waals surface area contributed by atoms with Gasteiger partial charge in [-0.05, 0) is 43.4 Å². The highest BCUT2D eigenvalue weighted by Crippen LogP contribution is 2.45. The molecule has 0 aromatic carbocycles. The Bertz CT molecular complexity index is 1960. The summed E-state index contributed by atoms with van der Waals surface area (Å²) in [6, 6.07) is 0. The van der Waals surface area contributed by atoms with Gasteiger partial charge in [0.25, 0.3) is 0 Å². The van der Waals surface area contributed by atoms with Crippen LogP contribution in [0, 0.1) is 17.8 Å². The van der Waals surface area contributed by atoms with E-state index in [2.05, 4.69) is 48.5 Å². The predicted octanol–water partition coefficient (Wildman–Crippen LogP) is 24.5. The van der Waals surface area contributed by atoms with Gasteiger partial charge < -0.3 is 33.8 Å². The molecule has 0 aromatic heterocycles. The number of carbonyl (C=O) groups is 4. The smallest absolute Gasteiger partial charge is 0.462 e. The lowest BCUT2D eigenvalue weighted by atomic mass is 10.00. The lowest BCUT2D eigenvalue weighted by Crippen LogP contribution is -2.30. The van der Waals surface area contributed by atoms with Crippen LogP contribution in [0.15, 0.2) is 0 Å². The fraction of sp³-hybridized carbons (Fsp3) is 0.951. The van der Waals surface area contributed by atoms with Gasteiger partial charge in [0.15, 0.2) is 12.2 Å². The molecule has 0 bridgehead atoms. The summed E-state index contributed by atoms with van der Waals surface area (Å²) in [5, 5.41) is 10.6. The van der Waals surface area contributed by atoms with Crippen molar-refractivity contribution in [2.75, 3.05) is 39.6 Å². The zero-order chi connectivity index (χ0) is 74.4. The number of ether oxygens (including phenoxy) is 4. The third-order valence-corrected chi connectivity index (χ3v) is 21.4. The molecule has 600 valence electrons. The third-order valence-electron chi connectivity index (χ3n) is 19.5. The van der Waals surface area contributed by atoms with Gasteiger partial charge in [0, 0.05) is 25.7 Å². The van der Waals surface area contributed by atoms with E-state index in [0.29, 0.717) is 25.7 Å². The number of aliphatic hydroxyl groups excluding tert-OH is 1. The maximum Gasteiger partial charge on any atom is 0.472 e. The van der Waals surface area contributed by atoms with E-state index in [-0.39, 0.29) is 25.7 Å². The van der Waals surface area contributed by atoms with Gasteiger partial charge in [0.05, 0.1) is 26.4 Å². The van der Waals surface area contributed by atoms with Gasteiger partial charge in [-0.1, -0.05) is 376 Å². The molecular formula is C82H160O17P2. The quantitative estimate of drug-likeness (QED) is 0.0222. The van der Waals surface area contributed by atoms with E-state index in [0.717, 1.165) is 114 Å². The SMILES string of the molecule is CCCCCCCCCCCCCCCCCCCC(=O)OC[C@H](COP(=O)(O)OC[C@@H](O)COP(=O)(O)OC[C@@H](COC(=O)CCCCCCCCC(C)CC)OC(=O)CCCCCCCCCCCCCCC(C)C)OC(=O)CCCCCCCCCCCCCCCCCCC(C)C. The maximum absolute atomic E-state index is 13.1. The maximum atomic E-state index is 13.1. The van der Waals surface area contributed by atoms with Crippen molar-refractivity contribution in [3.8, 4) is 0 Å². The Hall–Kier alpha value is -1.94. The molecule has 0 aliphatic heterocycles. The lowest BCUT2D eigenvalue weighted by molar-refractivity contribution is -0.161. The molecule has 19 heteroatoms. The molecule has 0 aliphatic rings. The van der Waals surface area contributed by atoms with Gasteiger partial charge >= 0.3 is 39.5 Å². The number of esters is 4. The van der Waals surface area contributed by atoms with Gasteiger partial charge in [-0.25, -0.2) is 9.13 Å². The Labute approximate surface area is 619 Å². The van der Waals surface area contributed by atoms with Gasteiger partial charge in [-0.15, -0.1) is 0 Å². The van der Waals surface area contributed by atoms with Crippen LogP contribution >= 0.6 is 15.6 Å². The Morgan fingerprint density at radius 1 is 0.287 bits per heavy atom. The van der Waals surface area contributed by atoms with Gasteiger partial charge in [0.1, 0.15) is 19.3 Å². The van der Waals surface area contributed by atoms with Crippen LogP contribution in [0.4, 0.5) is 0 Å². The molecule has 101 heavy (non-hydrogen) atoms. The first-order valence-electron chi connectivity index (χ1n) is 42.4. The molecule has 0 saturated heterocycles. The normalized spacial score (nSPS) is 14.2. The first kappa shape index (κ1) is 99.1. The predicted molar refractivity (Wildman–Crippen MR) is 414 cm³/mol. The van der Waals surface area contributed by atoms with Crippen LogP contribution in [0.3, 0.4) is 0 Å². The second kappa shape index (κ2) is 72.3. The standard InChI is InChI=1S/C82H160O17P2/c1-8-10-11-12-13-14-15-16-17-18-22-25-31-36-41-49-56-63-79(84)92-69-77(98-81(86)65-58-51-42-37-32-26-23-20-19-21-24-29-34-39-46-53-60-73(3)4)71-96-100(88,89)94-67-76(83)68-95-101(90,91)97-72-78(70-93-80(85)64-57-50-45-44-48-55-62-75(7)9-2)99-82(87)66-59-52-43-38-33-28-27-30-35-40-47-54-61-74(5)6/h73-78,83H,8-72H2,1-7H3,(H,88,89)(H,90,91)/t75?,76-,77-,78-/m1/s1. The highest BCUT2D eigenvalue weighted by molar-refractivity contribution is 7.47. The van der Waals surface area contributed by atoms with Crippen LogP contribution in [-0.2, 0) is 65.4 Å². The molecule has 0 saturated carbocycles. The van der Waals surface area contributed by atoms with Crippen LogP contribution in [0.2, 0.25) is 0 Å². The van der Waals surface area contributed by atoms with Gasteiger partial charge in [-0.2, -0.15) is 0 Å². The van der Waals surface area contributed by atoms with Gasteiger partial charge in [0.2, 0.25) is 0 Å². The number of rotatable bonds is 80. The van der Waals surface area contributed by atoms with Crippen molar-refractivity contribution in [2.24, 2.45) is 17.8 Å². The van der Waals surface area contributed by atoms with E-state index in [1.807, 2.05) is 0 Å². The number of carbonyl (C=O) groups excluding carboxylic acids is 4. The molecule has 0 rings (SSSR count). The molecule has 17 nitrogen and oxygen atoms in total. The Balaban J connectivity index is 5.25. The minimum Gasteiger partial charge on any atom is -0.462 e. The summed E-state index contributed by atoms with van der Waals surface area (Å²) in [6.07, 6.45) is 61.1. The van der Waals surface area contributed by atoms with Crippen LogP contribution < -0.4 is 0 Å². The molecule has 3 N–H and O–H groups in total. The zero-order valence-corrected chi connectivity index (χ0v) is 68.2. The van der Waals surface area contributed by atoms with Gasteiger partial charge in [-0.3, -0.25) is 37.3 Å². The lowest BCUT2D eigenvalue weighted by Gasteiger charge is -2.21. The van der Waals surface area contributed by atoms with Crippen molar-refractivity contribution >= 4 is 39.5 Å². The summed E-state index contributed by atoms with van der Waals surface area (Å²) in [7, 11) is -9.92. The summed E-state index contributed by atoms with van der Waals surface area (Å²) < 4.78 is 68.8. The third kappa shape index (κ3) is 74.7. The number of hydrogen-bond acceptors (Lipinski definition) is 15. The highest BCUT2D eigenvalue weighted by Gasteiger charge is 2.30. The van der Waals surface area contributed by atoms with E-state index in [9.17, 15) is 43.2 Å². The van der Waals surface area contributed by atoms with Crippen molar-refractivity contribution in [3.63, 3.8) is 0 Å². The minimum atomic E-state index is -4.96. The minimum absolute atomic E-state index is 0.106. The van der Waals surface area contributed by atoms with Crippen molar-refractivity contribution in [3.05, 3.63) is 0 Å². The number of phosphoric acid groups is 2. The highest BCUT2D eigenvalue weighted by atomic mass is 31.2. The molecule has 0 aliphatic carbocycles. The van der Waals surface area contributed by atoms with Crippen molar-refractivity contribution in [2.45, 2.75) is 446 Å². The topological polar surface area (TPSA) is 237 Å². The molecular weight excluding hydrogens is 1320 g/mol. The van der Waals surface area contributed by atoms with Crippen LogP contribution in [-0.4, -0.2) is 96.7 Å². The van der Waals surface area contributed by atoms with E-state index in [4.69, 9.17) is 37.0 Å². The average Bonchev–Trinajstić information content (AvgIpc) is 0.921.